The van der Waals surface area contributed by atoms with Gasteiger partial charge < -0.3 is 10.1 Å². The number of carbonyl (C=O) groups is 1. The summed E-state index contributed by atoms with van der Waals surface area (Å²) in [5, 5.41) is 2.72. The van der Waals surface area contributed by atoms with Gasteiger partial charge in [0.1, 0.15) is 5.75 Å². The summed E-state index contributed by atoms with van der Waals surface area (Å²) in [5.41, 5.74) is 0.536. The second kappa shape index (κ2) is 9.68. The number of carbonyl (C=O) groups excluding carboxylic acids is 1. The van der Waals surface area contributed by atoms with E-state index in [0.29, 0.717) is 12.6 Å². The zero-order chi connectivity index (χ0) is 21.6. The van der Waals surface area contributed by atoms with E-state index < -0.39 is 11.7 Å². The number of ether oxygens (including phenoxy) is 1. The van der Waals surface area contributed by atoms with Crippen LogP contribution in [0.2, 0.25) is 0 Å². The fourth-order valence-corrected chi connectivity index (χ4v) is 3.11. The van der Waals surface area contributed by atoms with Gasteiger partial charge in [-0.2, -0.15) is 13.2 Å². The van der Waals surface area contributed by atoms with E-state index in [2.05, 4.69) is 22.1 Å². The zero-order valence-electron chi connectivity index (χ0n) is 16.6. The van der Waals surface area contributed by atoms with Crippen LogP contribution in [0.25, 0.3) is 0 Å². The first-order valence-corrected chi connectivity index (χ1v) is 9.65. The van der Waals surface area contributed by atoms with Crippen LogP contribution in [0.4, 0.5) is 13.2 Å². The number of amides is 1. The highest BCUT2D eigenvalue weighted by Gasteiger charge is 2.31. The SMILES string of the molecule is COc1ccccc1CN(CC(=O)NCC#Cc1cccc(C(F)(F)F)c1)C1CC1. The van der Waals surface area contributed by atoms with Gasteiger partial charge in [0.2, 0.25) is 5.91 Å². The predicted octanol–water partition coefficient (Wildman–Crippen LogP) is 3.85. The van der Waals surface area contributed by atoms with Crippen molar-refractivity contribution in [3.63, 3.8) is 0 Å². The molecule has 0 saturated heterocycles. The maximum Gasteiger partial charge on any atom is 0.416 e. The summed E-state index contributed by atoms with van der Waals surface area (Å²) in [6.45, 7) is 0.911. The fourth-order valence-electron chi connectivity index (χ4n) is 3.11. The first kappa shape index (κ1) is 21.7. The van der Waals surface area contributed by atoms with Crippen molar-refractivity contribution in [1.82, 2.24) is 10.2 Å². The van der Waals surface area contributed by atoms with Gasteiger partial charge in [-0.25, -0.2) is 0 Å². The van der Waals surface area contributed by atoms with Crippen LogP contribution in [0.15, 0.2) is 48.5 Å². The maximum atomic E-state index is 12.7. The minimum absolute atomic E-state index is 0.0717. The standard InChI is InChI=1S/C23H23F3N2O2/c1-30-21-10-3-2-8-18(21)15-28(20-11-12-20)16-22(29)27-13-5-7-17-6-4-9-19(14-17)23(24,25)26/h2-4,6,8-10,14,20H,11-13,15-16H2,1H3,(H,27,29). The number of halogens is 3. The average molecular weight is 416 g/mol. The molecule has 0 aliphatic heterocycles. The van der Waals surface area contributed by atoms with Crippen molar-refractivity contribution in [2.24, 2.45) is 0 Å². The minimum Gasteiger partial charge on any atom is -0.496 e. The molecule has 0 bridgehead atoms. The lowest BCUT2D eigenvalue weighted by molar-refractivity contribution is -0.137. The highest BCUT2D eigenvalue weighted by Crippen LogP contribution is 2.30. The predicted molar refractivity (Wildman–Crippen MR) is 108 cm³/mol. The van der Waals surface area contributed by atoms with Crippen molar-refractivity contribution in [2.75, 3.05) is 20.2 Å². The molecule has 2 aromatic rings. The summed E-state index contributed by atoms with van der Waals surface area (Å²) in [7, 11) is 1.62. The van der Waals surface area contributed by atoms with E-state index in [1.807, 2.05) is 24.3 Å². The monoisotopic (exact) mass is 416 g/mol. The van der Waals surface area contributed by atoms with Crippen molar-refractivity contribution in [3.05, 3.63) is 65.2 Å². The molecule has 0 heterocycles. The van der Waals surface area contributed by atoms with Gasteiger partial charge in [-0.05, 0) is 37.1 Å². The lowest BCUT2D eigenvalue weighted by atomic mass is 10.1. The van der Waals surface area contributed by atoms with Crippen molar-refractivity contribution in [2.45, 2.75) is 31.6 Å². The van der Waals surface area contributed by atoms with Crippen LogP contribution in [-0.2, 0) is 17.5 Å². The van der Waals surface area contributed by atoms with E-state index in [-0.39, 0.29) is 24.6 Å². The lowest BCUT2D eigenvalue weighted by Crippen LogP contribution is -2.38. The molecular formula is C23H23F3N2O2. The summed E-state index contributed by atoms with van der Waals surface area (Å²) in [6, 6.07) is 12.9. The Hall–Kier alpha value is -2.98. The number of benzene rings is 2. The van der Waals surface area contributed by atoms with E-state index in [4.69, 9.17) is 4.74 Å². The topological polar surface area (TPSA) is 41.6 Å². The Bertz CT molecular complexity index is 943. The summed E-state index contributed by atoms with van der Waals surface area (Å²) >= 11 is 0. The van der Waals surface area contributed by atoms with Crippen molar-refractivity contribution in [1.29, 1.82) is 0 Å². The largest absolute Gasteiger partial charge is 0.496 e. The first-order chi connectivity index (χ1) is 14.4. The summed E-state index contributed by atoms with van der Waals surface area (Å²) < 4.78 is 43.6. The van der Waals surface area contributed by atoms with E-state index in [1.54, 1.807) is 7.11 Å². The molecule has 1 aliphatic rings. The second-order valence-electron chi connectivity index (χ2n) is 7.11. The molecule has 1 aliphatic carbocycles. The molecule has 1 saturated carbocycles. The molecule has 0 radical (unpaired) electrons. The lowest BCUT2D eigenvalue weighted by Gasteiger charge is -2.22. The van der Waals surface area contributed by atoms with Crippen molar-refractivity contribution >= 4 is 5.91 Å². The van der Waals surface area contributed by atoms with Crippen LogP contribution < -0.4 is 10.1 Å². The van der Waals surface area contributed by atoms with Crippen LogP contribution in [0.1, 0.15) is 29.5 Å². The first-order valence-electron chi connectivity index (χ1n) is 9.65. The number of nitrogens with one attached hydrogen (secondary N) is 1. The Labute approximate surface area is 174 Å². The Morgan fingerprint density at radius 2 is 1.97 bits per heavy atom. The summed E-state index contributed by atoms with van der Waals surface area (Å²) in [6.07, 6.45) is -2.30. The van der Waals surface area contributed by atoms with Gasteiger partial charge in [0.25, 0.3) is 0 Å². The molecule has 30 heavy (non-hydrogen) atoms. The third-order valence-corrected chi connectivity index (χ3v) is 4.77. The number of alkyl halides is 3. The zero-order valence-corrected chi connectivity index (χ0v) is 16.6. The Balaban J connectivity index is 1.53. The van der Waals surface area contributed by atoms with E-state index >= 15 is 0 Å². The summed E-state index contributed by atoms with van der Waals surface area (Å²) in [4.78, 5) is 14.4. The molecule has 3 rings (SSSR count). The summed E-state index contributed by atoms with van der Waals surface area (Å²) in [5.74, 6) is 5.99. The smallest absolute Gasteiger partial charge is 0.416 e. The molecule has 1 amide bonds. The molecule has 7 heteroatoms. The van der Waals surface area contributed by atoms with Gasteiger partial charge in [-0.1, -0.05) is 36.1 Å². The number of nitrogens with zero attached hydrogens (tertiary/aromatic N) is 1. The number of hydrogen-bond acceptors (Lipinski definition) is 3. The molecule has 0 spiro atoms. The molecule has 4 nitrogen and oxygen atoms in total. The number of rotatable bonds is 7. The molecule has 1 fully saturated rings. The minimum atomic E-state index is -4.40. The second-order valence-corrected chi connectivity index (χ2v) is 7.11. The quantitative estimate of drug-likeness (QED) is 0.698. The highest BCUT2D eigenvalue weighted by molar-refractivity contribution is 5.78. The molecule has 0 unspecified atom stereocenters. The van der Waals surface area contributed by atoms with Crippen LogP contribution in [0.3, 0.4) is 0 Å². The Morgan fingerprint density at radius 1 is 1.20 bits per heavy atom. The van der Waals surface area contributed by atoms with Crippen LogP contribution in [0.5, 0.6) is 5.75 Å². The third-order valence-electron chi connectivity index (χ3n) is 4.77. The van der Waals surface area contributed by atoms with Crippen molar-refractivity contribution in [3.8, 4) is 17.6 Å². The van der Waals surface area contributed by atoms with E-state index in [0.717, 1.165) is 36.3 Å². The van der Waals surface area contributed by atoms with Crippen LogP contribution in [-0.4, -0.2) is 37.0 Å². The van der Waals surface area contributed by atoms with E-state index in [1.165, 1.54) is 12.1 Å². The highest BCUT2D eigenvalue weighted by atomic mass is 19.4. The van der Waals surface area contributed by atoms with E-state index in [9.17, 15) is 18.0 Å². The van der Waals surface area contributed by atoms with Gasteiger partial charge in [0, 0.05) is 23.7 Å². The molecule has 0 atom stereocenters. The van der Waals surface area contributed by atoms with Crippen molar-refractivity contribution < 1.29 is 22.7 Å². The van der Waals surface area contributed by atoms with Gasteiger partial charge in [0.15, 0.2) is 0 Å². The average Bonchev–Trinajstić information content (AvgIpc) is 3.56. The van der Waals surface area contributed by atoms with Gasteiger partial charge in [0.05, 0.1) is 25.8 Å². The number of methoxy groups -OCH3 is 1. The molecular weight excluding hydrogens is 393 g/mol. The number of hydrogen-bond donors (Lipinski definition) is 1. The van der Waals surface area contributed by atoms with Gasteiger partial charge in [-0.15, -0.1) is 0 Å². The molecule has 2 aromatic carbocycles. The number of para-hydroxylation sites is 1. The fraction of sp³-hybridized carbons (Fsp3) is 0.348. The Kier molecular flexibility index (Phi) is 7.01. The van der Waals surface area contributed by atoms with Crippen LogP contribution in [0, 0.1) is 11.8 Å². The Morgan fingerprint density at radius 3 is 2.67 bits per heavy atom. The third kappa shape index (κ3) is 6.26. The normalized spacial score (nSPS) is 13.5. The molecule has 158 valence electrons. The molecule has 1 N–H and O–H groups in total. The van der Waals surface area contributed by atoms with Gasteiger partial charge in [-0.3, -0.25) is 9.69 Å². The molecule has 0 aromatic heterocycles. The maximum absolute atomic E-state index is 12.7. The van der Waals surface area contributed by atoms with Crippen LogP contribution >= 0.6 is 0 Å². The van der Waals surface area contributed by atoms with Gasteiger partial charge >= 0.3 is 6.18 Å².